The second-order valence-electron chi connectivity index (χ2n) is 5.11. The number of hydrogen-bond donors (Lipinski definition) is 1. The summed E-state index contributed by atoms with van der Waals surface area (Å²) in [6.45, 7) is 3.46. The van der Waals surface area contributed by atoms with Crippen molar-refractivity contribution in [1.82, 2.24) is 0 Å². The summed E-state index contributed by atoms with van der Waals surface area (Å²) >= 11 is 0. The van der Waals surface area contributed by atoms with Crippen molar-refractivity contribution in [1.29, 1.82) is 0 Å². The largest absolute Gasteiger partial charge is 0.496 e. The number of amides is 1. The minimum atomic E-state index is -0.923. The van der Waals surface area contributed by atoms with E-state index in [9.17, 15) is 9.59 Å². The second-order valence-corrected chi connectivity index (χ2v) is 5.11. The topological polar surface area (TPSA) is 64.6 Å². The zero-order valence-electron chi connectivity index (χ0n) is 13.3. The lowest BCUT2D eigenvalue weighted by Gasteiger charge is -2.15. The van der Waals surface area contributed by atoms with E-state index in [2.05, 4.69) is 5.32 Å². The highest BCUT2D eigenvalue weighted by Crippen LogP contribution is 2.19. The highest BCUT2D eigenvalue weighted by Gasteiger charge is 2.21. The van der Waals surface area contributed by atoms with E-state index in [0.29, 0.717) is 11.4 Å². The van der Waals surface area contributed by atoms with Gasteiger partial charge in [0.2, 0.25) is 0 Å². The molecule has 0 bridgehead atoms. The van der Waals surface area contributed by atoms with Crippen molar-refractivity contribution in [2.24, 2.45) is 0 Å². The number of para-hydroxylation sites is 1. The molecule has 0 unspecified atom stereocenters. The number of aryl methyl sites for hydroxylation is 1. The van der Waals surface area contributed by atoms with Crippen LogP contribution in [-0.4, -0.2) is 25.1 Å². The Morgan fingerprint density at radius 2 is 1.83 bits per heavy atom. The number of esters is 1. The van der Waals surface area contributed by atoms with Crippen molar-refractivity contribution >= 4 is 17.6 Å². The van der Waals surface area contributed by atoms with Crippen molar-refractivity contribution in [2.45, 2.75) is 20.0 Å². The van der Waals surface area contributed by atoms with Crippen LogP contribution in [-0.2, 0) is 9.53 Å². The Morgan fingerprint density at radius 1 is 1.09 bits per heavy atom. The van der Waals surface area contributed by atoms with E-state index >= 15 is 0 Å². The molecule has 0 aliphatic carbocycles. The van der Waals surface area contributed by atoms with E-state index < -0.39 is 12.1 Å². The molecule has 0 aromatic heterocycles. The predicted octanol–water partition coefficient (Wildman–Crippen LogP) is 3.19. The van der Waals surface area contributed by atoms with Gasteiger partial charge in [-0.05, 0) is 43.7 Å². The average Bonchev–Trinajstić information content (AvgIpc) is 2.54. The summed E-state index contributed by atoms with van der Waals surface area (Å²) in [7, 11) is 1.47. The number of carbonyl (C=O) groups is 2. The van der Waals surface area contributed by atoms with E-state index in [4.69, 9.17) is 9.47 Å². The van der Waals surface area contributed by atoms with Gasteiger partial charge in [-0.3, -0.25) is 4.79 Å². The number of hydrogen-bond acceptors (Lipinski definition) is 4. The van der Waals surface area contributed by atoms with Gasteiger partial charge in [0.15, 0.2) is 6.10 Å². The van der Waals surface area contributed by atoms with Gasteiger partial charge in [-0.2, -0.15) is 0 Å². The molecule has 2 aromatic rings. The van der Waals surface area contributed by atoms with Gasteiger partial charge < -0.3 is 14.8 Å². The van der Waals surface area contributed by atoms with Gasteiger partial charge in [-0.15, -0.1) is 0 Å². The summed E-state index contributed by atoms with van der Waals surface area (Å²) in [6.07, 6.45) is -0.923. The van der Waals surface area contributed by atoms with Crippen molar-refractivity contribution in [3.63, 3.8) is 0 Å². The lowest BCUT2D eigenvalue weighted by molar-refractivity contribution is -0.123. The fraction of sp³-hybridized carbons (Fsp3) is 0.222. The summed E-state index contributed by atoms with van der Waals surface area (Å²) in [4.78, 5) is 24.3. The lowest BCUT2D eigenvalue weighted by atomic mass is 10.2. The molecular formula is C18H19NO4. The van der Waals surface area contributed by atoms with Crippen LogP contribution >= 0.6 is 0 Å². The van der Waals surface area contributed by atoms with Crippen LogP contribution in [0.3, 0.4) is 0 Å². The summed E-state index contributed by atoms with van der Waals surface area (Å²) < 4.78 is 10.3. The first-order valence-corrected chi connectivity index (χ1v) is 7.23. The first kappa shape index (κ1) is 16.5. The molecule has 0 spiro atoms. The van der Waals surface area contributed by atoms with Gasteiger partial charge in [-0.25, -0.2) is 4.79 Å². The molecule has 0 saturated heterocycles. The van der Waals surface area contributed by atoms with Crippen molar-refractivity contribution in [2.75, 3.05) is 12.4 Å². The molecule has 120 valence electrons. The number of rotatable bonds is 5. The van der Waals surface area contributed by atoms with Gasteiger partial charge in [-0.1, -0.05) is 24.3 Å². The lowest BCUT2D eigenvalue weighted by Crippen LogP contribution is -2.30. The maximum Gasteiger partial charge on any atom is 0.342 e. The minimum Gasteiger partial charge on any atom is -0.496 e. The minimum absolute atomic E-state index is 0.283. The molecule has 2 rings (SSSR count). The highest BCUT2D eigenvalue weighted by molar-refractivity contribution is 5.98. The van der Waals surface area contributed by atoms with Crippen molar-refractivity contribution < 1.29 is 19.1 Å². The Labute approximate surface area is 135 Å². The van der Waals surface area contributed by atoms with Crippen LogP contribution in [0, 0.1) is 6.92 Å². The maximum absolute atomic E-state index is 12.2. The third-order valence-corrected chi connectivity index (χ3v) is 3.27. The van der Waals surface area contributed by atoms with Crippen LogP contribution in [0.2, 0.25) is 0 Å². The Hall–Kier alpha value is -2.82. The monoisotopic (exact) mass is 313 g/mol. The number of benzene rings is 2. The van der Waals surface area contributed by atoms with E-state index in [1.165, 1.54) is 14.0 Å². The molecule has 1 N–H and O–H groups in total. The van der Waals surface area contributed by atoms with E-state index in [-0.39, 0.29) is 11.5 Å². The van der Waals surface area contributed by atoms with Crippen LogP contribution in [0.5, 0.6) is 5.75 Å². The van der Waals surface area contributed by atoms with Gasteiger partial charge in [0.25, 0.3) is 5.91 Å². The molecule has 0 saturated carbocycles. The Morgan fingerprint density at radius 3 is 2.52 bits per heavy atom. The Balaban J connectivity index is 2.01. The quantitative estimate of drug-likeness (QED) is 0.861. The molecule has 5 heteroatoms. The summed E-state index contributed by atoms with van der Waals surface area (Å²) in [6, 6.07) is 14.1. The van der Waals surface area contributed by atoms with Crippen molar-refractivity contribution in [3.05, 3.63) is 59.7 Å². The number of ether oxygens (including phenoxy) is 2. The summed E-state index contributed by atoms with van der Waals surface area (Å²) in [5.41, 5.74) is 1.97. The number of methoxy groups -OCH3 is 1. The molecule has 5 nitrogen and oxygen atoms in total. The van der Waals surface area contributed by atoms with E-state index in [1.54, 1.807) is 30.3 Å². The molecule has 0 aliphatic rings. The van der Waals surface area contributed by atoms with Crippen LogP contribution < -0.4 is 10.1 Å². The molecule has 0 fully saturated rings. The van der Waals surface area contributed by atoms with Crippen molar-refractivity contribution in [3.8, 4) is 5.75 Å². The molecule has 1 amide bonds. The molecule has 1 atom stereocenters. The number of nitrogens with one attached hydrogen (secondary N) is 1. The molecule has 0 aliphatic heterocycles. The smallest absolute Gasteiger partial charge is 0.342 e. The number of anilines is 1. The Kier molecular flexibility index (Phi) is 5.36. The zero-order valence-corrected chi connectivity index (χ0v) is 13.3. The standard InChI is InChI=1S/C18H19NO4/c1-12-7-6-8-14(11-12)19-17(20)13(2)23-18(21)15-9-4-5-10-16(15)22-3/h4-11,13H,1-3H3,(H,19,20)/t13-/m1/s1. The maximum atomic E-state index is 12.2. The normalized spacial score (nSPS) is 11.4. The van der Waals surface area contributed by atoms with Gasteiger partial charge >= 0.3 is 5.97 Å². The van der Waals surface area contributed by atoms with E-state index in [0.717, 1.165) is 5.56 Å². The SMILES string of the molecule is COc1ccccc1C(=O)O[C@H](C)C(=O)Nc1cccc(C)c1. The summed E-state index contributed by atoms with van der Waals surface area (Å²) in [5.74, 6) is -0.586. The molecule has 2 aromatic carbocycles. The van der Waals surface area contributed by atoms with Crippen LogP contribution in [0.1, 0.15) is 22.8 Å². The first-order valence-electron chi connectivity index (χ1n) is 7.23. The second kappa shape index (κ2) is 7.45. The van der Waals surface area contributed by atoms with Crippen LogP contribution in [0.25, 0.3) is 0 Å². The average molecular weight is 313 g/mol. The third kappa shape index (κ3) is 4.32. The first-order chi connectivity index (χ1) is 11.0. The van der Waals surface area contributed by atoms with Crippen LogP contribution in [0.15, 0.2) is 48.5 Å². The van der Waals surface area contributed by atoms with Gasteiger partial charge in [0, 0.05) is 5.69 Å². The molecule has 23 heavy (non-hydrogen) atoms. The van der Waals surface area contributed by atoms with Gasteiger partial charge in [0.1, 0.15) is 11.3 Å². The van der Waals surface area contributed by atoms with Gasteiger partial charge in [0.05, 0.1) is 7.11 Å². The summed E-state index contributed by atoms with van der Waals surface area (Å²) in [5, 5.41) is 2.72. The zero-order chi connectivity index (χ0) is 16.8. The molecular weight excluding hydrogens is 294 g/mol. The van der Waals surface area contributed by atoms with Crippen LogP contribution in [0.4, 0.5) is 5.69 Å². The third-order valence-electron chi connectivity index (χ3n) is 3.27. The molecule has 0 heterocycles. The fourth-order valence-corrected chi connectivity index (χ4v) is 2.06. The number of carbonyl (C=O) groups excluding carboxylic acids is 2. The predicted molar refractivity (Wildman–Crippen MR) is 87.7 cm³/mol. The fourth-order valence-electron chi connectivity index (χ4n) is 2.06. The molecule has 0 radical (unpaired) electrons. The highest BCUT2D eigenvalue weighted by atomic mass is 16.5. The van der Waals surface area contributed by atoms with E-state index in [1.807, 2.05) is 25.1 Å². The Bertz CT molecular complexity index is 712.